The molecule has 0 aliphatic carbocycles. The lowest BCUT2D eigenvalue weighted by atomic mass is 9.95. The van der Waals surface area contributed by atoms with E-state index in [1.54, 1.807) is 12.3 Å². The van der Waals surface area contributed by atoms with Crippen molar-refractivity contribution in [3.8, 4) is 0 Å². The molecule has 7 heteroatoms. The Kier molecular flexibility index (Phi) is 22.6. The summed E-state index contributed by atoms with van der Waals surface area (Å²) < 4.78 is 29.1. The van der Waals surface area contributed by atoms with E-state index in [4.69, 9.17) is 22.1 Å². The van der Waals surface area contributed by atoms with E-state index in [1.165, 1.54) is 6.92 Å². The molecule has 1 rings (SSSR count). The topological polar surface area (TPSA) is 60.0 Å². The first kappa shape index (κ1) is 37.8. The quantitative estimate of drug-likeness (QED) is 0.150. The summed E-state index contributed by atoms with van der Waals surface area (Å²) in [5.74, 6) is 1.45. The summed E-state index contributed by atoms with van der Waals surface area (Å²) in [6, 6.07) is 8.04. The van der Waals surface area contributed by atoms with Gasteiger partial charge in [0.1, 0.15) is 23.7 Å². The van der Waals surface area contributed by atoms with Gasteiger partial charge in [0.25, 0.3) is 0 Å². The predicted molar refractivity (Wildman–Crippen MR) is 164 cm³/mol. The van der Waals surface area contributed by atoms with E-state index in [1.807, 2.05) is 38.1 Å². The average molecular weight is 554 g/mol. The molecule has 0 aliphatic heterocycles. The van der Waals surface area contributed by atoms with Crippen LogP contribution in [-0.4, -0.2) is 30.8 Å². The van der Waals surface area contributed by atoms with Gasteiger partial charge < -0.3 is 10.5 Å². The van der Waals surface area contributed by atoms with Gasteiger partial charge in [-0.1, -0.05) is 83.1 Å². The number of benzene rings is 1. The molecule has 2 unspecified atom stereocenters. The molecular weight excluding hydrogens is 504 g/mol. The summed E-state index contributed by atoms with van der Waals surface area (Å²) in [5, 5.41) is 0.576. The fourth-order valence-electron chi connectivity index (χ4n) is 2.74. The van der Waals surface area contributed by atoms with Crippen molar-refractivity contribution < 1.29 is 13.5 Å². The highest BCUT2D eigenvalue weighted by Crippen LogP contribution is 2.20. The molecule has 0 fully saturated rings. The number of nitrogens with two attached hydrogens (primary N) is 1. The molecular formula is C31H50ClF2N3O. The second kappa shape index (κ2) is 22.7. The van der Waals surface area contributed by atoms with Crippen molar-refractivity contribution >= 4 is 22.5 Å². The number of allylic oxidation sites excluding steroid dienone is 3. The molecule has 2 atom stereocenters. The standard InChI is InChI=1S/C26H36ClFN2O.C4H11N.CH3F/c1-8-11-25(27)29-16-19(5)21(7)31-17-22-12-14-23(15-13-22)26(18(4)9-2)30-24(10-3)20(6)28;1-4(2)3-5;1-2/h10,12-16,18,20H,7-9,11,17H2,1-6H3;4H,3,5H2,1-2H3;1H3/b19-16-,24-10-,29-25?,30-26?;;. The van der Waals surface area contributed by atoms with E-state index in [9.17, 15) is 8.78 Å². The maximum Gasteiger partial charge on any atom is 0.139 e. The fraction of sp³-hybridized carbons (Fsp3) is 0.548. The Balaban J connectivity index is 0. The van der Waals surface area contributed by atoms with Gasteiger partial charge in [-0.25, -0.2) is 9.38 Å². The summed E-state index contributed by atoms with van der Waals surface area (Å²) in [5.41, 5.74) is 9.37. The van der Waals surface area contributed by atoms with Crippen molar-refractivity contribution in [3.63, 3.8) is 0 Å². The smallest absolute Gasteiger partial charge is 0.139 e. The molecule has 0 spiro atoms. The van der Waals surface area contributed by atoms with Crippen LogP contribution in [0.15, 0.2) is 70.1 Å². The minimum absolute atomic E-state index is 0.225. The second-order valence-corrected chi connectivity index (χ2v) is 9.68. The van der Waals surface area contributed by atoms with Crippen LogP contribution in [0.4, 0.5) is 8.78 Å². The number of hydrogen-bond acceptors (Lipinski definition) is 4. The van der Waals surface area contributed by atoms with Gasteiger partial charge in [0, 0.05) is 18.2 Å². The van der Waals surface area contributed by atoms with Gasteiger partial charge in [-0.3, -0.25) is 9.38 Å². The normalized spacial score (nSPS) is 14.2. The van der Waals surface area contributed by atoms with Gasteiger partial charge in [0.2, 0.25) is 0 Å². The lowest BCUT2D eigenvalue weighted by Crippen LogP contribution is -2.14. The van der Waals surface area contributed by atoms with Crippen LogP contribution in [0.3, 0.4) is 0 Å². The minimum Gasteiger partial charge on any atom is -0.489 e. The Labute approximate surface area is 235 Å². The van der Waals surface area contributed by atoms with Crippen LogP contribution in [0, 0.1) is 11.8 Å². The molecule has 0 heterocycles. The first-order chi connectivity index (χ1) is 18.0. The Morgan fingerprint density at radius 3 is 2.11 bits per heavy atom. The van der Waals surface area contributed by atoms with Crippen molar-refractivity contribution in [3.05, 3.63) is 71.3 Å². The Bertz CT molecular complexity index is 904. The van der Waals surface area contributed by atoms with Crippen LogP contribution in [0.25, 0.3) is 0 Å². The van der Waals surface area contributed by atoms with E-state index in [0.717, 1.165) is 48.2 Å². The number of nitrogens with zero attached hydrogens (tertiary/aromatic N) is 2. The highest BCUT2D eigenvalue weighted by Gasteiger charge is 2.14. The Morgan fingerprint density at radius 1 is 1.13 bits per heavy atom. The molecule has 2 N–H and O–H groups in total. The van der Waals surface area contributed by atoms with Gasteiger partial charge in [-0.05, 0) is 63.1 Å². The van der Waals surface area contributed by atoms with Crippen molar-refractivity contribution in [2.45, 2.75) is 87.4 Å². The summed E-state index contributed by atoms with van der Waals surface area (Å²) in [7, 11) is 0.500. The van der Waals surface area contributed by atoms with Crippen molar-refractivity contribution in [2.75, 3.05) is 13.7 Å². The number of aliphatic imine (C=N–C) groups is 2. The molecule has 0 radical (unpaired) electrons. The van der Waals surface area contributed by atoms with Crippen LogP contribution < -0.4 is 5.73 Å². The van der Waals surface area contributed by atoms with Crippen molar-refractivity contribution in [1.82, 2.24) is 0 Å². The number of ether oxygens (including phenoxy) is 1. The molecule has 0 saturated carbocycles. The molecule has 0 bridgehead atoms. The second-order valence-electron chi connectivity index (χ2n) is 9.24. The Morgan fingerprint density at radius 2 is 1.68 bits per heavy atom. The largest absolute Gasteiger partial charge is 0.489 e. The molecule has 0 aliphatic rings. The van der Waals surface area contributed by atoms with Crippen LogP contribution >= 0.6 is 11.6 Å². The highest BCUT2D eigenvalue weighted by atomic mass is 35.5. The summed E-state index contributed by atoms with van der Waals surface area (Å²) >= 11 is 6.03. The zero-order valence-corrected chi connectivity index (χ0v) is 25.7. The van der Waals surface area contributed by atoms with Gasteiger partial charge in [-0.2, -0.15) is 0 Å². The van der Waals surface area contributed by atoms with Crippen molar-refractivity contribution in [1.29, 1.82) is 0 Å². The maximum absolute atomic E-state index is 13.8. The number of halogens is 3. The Hall–Kier alpha value is -2.31. The zero-order chi connectivity index (χ0) is 29.7. The number of hydrogen-bond donors (Lipinski definition) is 1. The van der Waals surface area contributed by atoms with E-state index in [0.29, 0.717) is 36.3 Å². The first-order valence-electron chi connectivity index (χ1n) is 13.3. The summed E-state index contributed by atoms with van der Waals surface area (Å²) in [4.78, 5) is 8.86. The average Bonchev–Trinajstić information content (AvgIpc) is 2.92. The minimum atomic E-state index is -1.10. The van der Waals surface area contributed by atoms with Gasteiger partial charge in [0.05, 0.1) is 18.6 Å². The van der Waals surface area contributed by atoms with Crippen molar-refractivity contribution in [2.24, 2.45) is 27.6 Å². The lowest BCUT2D eigenvalue weighted by molar-refractivity contribution is 0.208. The monoisotopic (exact) mass is 553 g/mol. The van der Waals surface area contributed by atoms with E-state index >= 15 is 0 Å². The van der Waals surface area contributed by atoms with Gasteiger partial charge >= 0.3 is 0 Å². The fourth-order valence-corrected chi connectivity index (χ4v) is 2.98. The molecule has 1 aromatic carbocycles. The van der Waals surface area contributed by atoms with Gasteiger partial charge in [-0.15, -0.1) is 0 Å². The molecule has 0 saturated heterocycles. The lowest BCUT2D eigenvalue weighted by Gasteiger charge is -2.16. The molecule has 4 nitrogen and oxygen atoms in total. The first-order valence-corrected chi connectivity index (χ1v) is 13.6. The number of rotatable bonds is 13. The third-order valence-electron chi connectivity index (χ3n) is 5.46. The molecule has 0 amide bonds. The zero-order valence-electron chi connectivity index (χ0n) is 25.0. The highest BCUT2D eigenvalue weighted by molar-refractivity contribution is 6.65. The van der Waals surface area contributed by atoms with Crippen LogP contribution in [0.1, 0.15) is 85.8 Å². The molecule has 0 aromatic heterocycles. The maximum atomic E-state index is 13.8. The third-order valence-corrected chi connectivity index (χ3v) is 5.75. The molecule has 216 valence electrons. The molecule has 38 heavy (non-hydrogen) atoms. The SMILES string of the molecule is C=C(OCc1ccc(C(=N/C(=C\C)C(C)F)C(C)CC)cc1)/C(C)=C\N=C(Cl)CCC.CC(C)CN.CF. The van der Waals surface area contributed by atoms with Crippen LogP contribution in [0.5, 0.6) is 0 Å². The van der Waals surface area contributed by atoms with Crippen LogP contribution in [-0.2, 0) is 11.3 Å². The summed E-state index contributed by atoms with van der Waals surface area (Å²) in [6.45, 7) is 20.9. The van der Waals surface area contributed by atoms with Crippen LogP contribution in [0.2, 0.25) is 0 Å². The van der Waals surface area contributed by atoms with E-state index in [-0.39, 0.29) is 5.92 Å². The summed E-state index contributed by atoms with van der Waals surface area (Å²) in [6.07, 6.45) is 4.96. The molecule has 1 aromatic rings. The predicted octanol–water partition coefficient (Wildman–Crippen LogP) is 9.34. The van der Waals surface area contributed by atoms with E-state index in [2.05, 4.69) is 51.2 Å². The number of alkyl halides is 2. The van der Waals surface area contributed by atoms with E-state index < -0.39 is 6.17 Å². The third kappa shape index (κ3) is 16.5. The van der Waals surface area contributed by atoms with Gasteiger partial charge in [0.15, 0.2) is 0 Å².